The van der Waals surface area contributed by atoms with Crippen molar-refractivity contribution in [3.05, 3.63) is 83.7 Å². The van der Waals surface area contributed by atoms with Crippen LogP contribution in [0.1, 0.15) is 154 Å². The minimum Gasteiger partial charge on any atom is -0.508 e. The highest BCUT2D eigenvalue weighted by Gasteiger charge is 2.65. The lowest BCUT2D eigenvalue weighted by Crippen LogP contribution is -2.70. The van der Waals surface area contributed by atoms with E-state index in [4.69, 9.17) is 19.5 Å². The topological polar surface area (TPSA) is 121 Å². The number of halogens is 1. The van der Waals surface area contributed by atoms with Gasteiger partial charge in [0.25, 0.3) is 0 Å². The number of ether oxygens (including phenoxy) is 2. The number of aliphatic hydroxyl groups is 2. The average molecular weight is 833 g/mol. The molecule has 0 spiro atoms. The van der Waals surface area contributed by atoms with Crippen molar-refractivity contribution in [3.8, 4) is 11.5 Å². The SMILES string of the molecule is C=CCO[C@@]12Oc3ccc(O)cc3[C@H]3[C@H](CCCCO)[C@@H](CCCCO)C=C(C(=NOC(C)(C)C)C[C@@H]1N(Cc1ccc(F)cc1)C(=O)CCCCCCCCCCC)[C@H]32. The zero-order valence-electron chi connectivity index (χ0n) is 36.9. The Morgan fingerprint density at radius 3 is 2.27 bits per heavy atom. The Hall–Kier alpha value is -3.73. The number of oxime groups is 1. The summed E-state index contributed by atoms with van der Waals surface area (Å²) in [5.41, 5.74) is 2.72. The van der Waals surface area contributed by atoms with Crippen LogP contribution >= 0.6 is 0 Å². The van der Waals surface area contributed by atoms with E-state index >= 15 is 0 Å². The summed E-state index contributed by atoms with van der Waals surface area (Å²) < 4.78 is 28.7. The van der Waals surface area contributed by atoms with Crippen molar-refractivity contribution < 1.29 is 38.8 Å². The van der Waals surface area contributed by atoms with Crippen LogP contribution in [0.25, 0.3) is 0 Å². The molecule has 1 fully saturated rings. The van der Waals surface area contributed by atoms with Crippen molar-refractivity contribution >= 4 is 11.6 Å². The summed E-state index contributed by atoms with van der Waals surface area (Å²) in [6, 6.07) is 10.9. The molecule has 3 N–H and O–H groups in total. The Balaban J connectivity index is 1.66. The van der Waals surface area contributed by atoms with Crippen LogP contribution in [0.15, 0.2) is 71.9 Å². The van der Waals surface area contributed by atoms with Crippen molar-refractivity contribution in [1.29, 1.82) is 0 Å². The smallest absolute Gasteiger partial charge is 0.239 e. The number of fused-ring (bicyclic) bond motifs is 2. The van der Waals surface area contributed by atoms with Crippen molar-refractivity contribution in [2.24, 2.45) is 22.9 Å². The van der Waals surface area contributed by atoms with E-state index < -0.39 is 23.3 Å². The number of aromatic hydroxyl groups is 1. The Bertz CT molecular complexity index is 1720. The number of hydrogen-bond acceptors (Lipinski definition) is 8. The number of aliphatic hydroxyl groups excluding tert-OH is 2. The molecule has 1 amide bonds. The fourth-order valence-corrected chi connectivity index (χ4v) is 9.74. The van der Waals surface area contributed by atoms with Crippen LogP contribution in [0.2, 0.25) is 0 Å². The van der Waals surface area contributed by atoms with E-state index in [1.54, 1.807) is 30.3 Å². The van der Waals surface area contributed by atoms with Crippen molar-refractivity contribution in [2.75, 3.05) is 19.8 Å². The normalized spacial score (nSPS) is 23.9. The Morgan fingerprint density at radius 2 is 1.62 bits per heavy atom. The van der Waals surface area contributed by atoms with Gasteiger partial charge in [0.2, 0.25) is 11.7 Å². The number of carbonyl (C=O) groups is 1. The first kappa shape index (κ1) is 47.3. The number of unbranched alkanes of at least 4 members (excludes halogenated alkanes) is 10. The minimum atomic E-state index is -1.41. The average Bonchev–Trinajstić information content (AvgIpc) is 3.22. The van der Waals surface area contributed by atoms with Gasteiger partial charge < -0.3 is 34.5 Å². The molecule has 1 aliphatic heterocycles. The molecule has 2 aliphatic carbocycles. The molecule has 5 rings (SSSR count). The molecule has 1 saturated carbocycles. The van der Waals surface area contributed by atoms with Crippen LogP contribution in [0, 0.1) is 23.6 Å². The molecule has 0 unspecified atom stereocenters. The molecule has 2 aromatic carbocycles. The third-order valence-corrected chi connectivity index (χ3v) is 12.5. The monoisotopic (exact) mass is 833 g/mol. The Morgan fingerprint density at radius 1 is 0.950 bits per heavy atom. The molecular formula is C50H73FN2O7. The van der Waals surface area contributed by atoms with Crippen molar-refractivity contribution in [3.63, 3.8) is 0 Å². The summed E-state index contributed by atoms with van der Waals surface area (Å²) in [6.45, 7) is 12.7. The van der Waals surface area contributed by atoms with E-state index in [-0.39, 0.29) is 68.0 Å². The molecule has 1 heterocycles. The number of rotatable bonds is 25. The number of carbonyl (C=O) groups excluding carboxylic acids is 1. The number of amides is 1. The molecule has 10 heteroatoms. The van der Waals surface area contributed by atoms with E-state index in [2.05, 4.69) is 19.6 Å². The third-order valence-electron chi connectivity index (χ3n) is 12.5. The summed E-state index contributed by atoms with van der Waals surface area (Å²) in [5.74, 6) is -1.65. The van der Waals surface area contributed by atoms with Gasteiger partial charge in [-0.05, 0) is 106 Å². The van der Waals surface area contributed by atoms with Crippen LogP contribution in [0.3, 0.4) is 0 Å². The third kappa shape index (κ3) is 12.2. The van der Waals surface area contributed by atoms with Gasteiger partial charge in [0.05, 0.1) is 18.2 Å². The van der Waals surface area contributed by atoms with E-state index in [1.807, 2.05) is 31.7 Å². The largest absolute Gasteiger partial charge is 0.508 e. The number of hydrogen-bond donors (Lipinski definition) is 3. The Labute approximate surface area is 359 Å². The zero-order valence-corrected chi connectivity index (χ0v) is 36.9. The number of phenolic OH excluding ortho intramolecular Hbond substituents is 1. The maximum Gasteiger partial charge on any atom is 0.239 e. The van der Waals surface area contributed by atoms with Crippen LogP contribution in [0.5, 0.6) is 11.5 Å². The predicted octanol–water partition coefficient (Wildman–Crippen LogP) is 10.9. The quantitative estimate of drug-likeness (QED) is 0.0517. The molecule has 0 saturated heterocycles. The second-order valence-corrected chi connectivity index (χ2v) is 18.2. The summed E-state index contributed by atoms with van der Waals surface area (Å²) in [5, 5.41) is 35.7. The molecule has 60 heavy (non-hydrogen) atoms. The lowest BCUT2D eigenvalue weighted by atomic mass is 9.55. The van der Waals surface area contributed by atoms with Gasteiger partial charge in [-0.15, -0.1) is 6.58 Å². The fraction of sp³-hybridized carbons (Fsp3) is 0.640. The van der Waals surface area contributed by atoms with Crippen LogP contribution in [-0.4, -0.2) is 69.1 Å². The standard InChI is InChI=1S/C50H73FN2O7/c1-6-8-9-10-11-12-13-14-15-22-46(57)53(35-36-23-25-38(51)26-24-36)45-34-43(52-60-49(3,4)5)41-32-37(20-16-18-29-54)40(21-17-19-30-55)47-42-33-39(56)27-28-44(42)59-50(45,48(41)47)58-31-7-2/h7,23-28,32-33,37,40,45,47-48,54-56H,2,6,8-22,29-31,34-35H2,1,3-5H3/t37-,40+,45-,47+,48+,50+/m0/s1. The van der Waals surface area contributed by atoms with Crippen LogP contribution in [-0.2, 0) is 20.9 Å². The summed E-state index contributed by atoms with van der Waals surface area (Å²) in [6.07, 6.45) is 19.4. The van der Waals surface area contributed by atoms with Gasteiger partial charge in [-0.1, -0.05) is 101 Å². The number of nitrogens with zero attached hydrogens (tertiary/aromatic N) is 2. The molecule has 6 atom stereocenters. The van der Waals surface area contributed by atoms with E-state index in [0.29, 0.717) is 25.0 Å². The highest BCUT2D eigenvalue weighted by atomic mass is 19.1. The van der Waals surface area contributed by atoms with Gasteiger partial charge in [-0.2, -0.15) is 0 Å². The van der Waals surface area contributed by atoms with E-state index in [1.165, 1.54) is 44.2 Å². The Kier molecular flexibility index (Phi) is 18.1. The van der Waals surface area contributed by atoms with Gasteiger partial charge in [-0.3, -0.25) is 4.79 Å². The van der Waals surface area contributed by atoms with Gasteiger partial charge >= 0.3 is 0 Å². The number of allylic oxidation sites excluding steroid dienone is 1. The molecule has 0 aromatic heterocycles. The maximum atomic E-state index is 15.0. The number of phenols is 1. The first-order chi connectivity index (χ1) is 29.0. The van der Waals surface area contributed by atoms with E-state index in [0.717, 1.165) is 73.8 Å². The van der Waals surface area contributed by atoms with Crippen molar-refractivity contribution in [1.82, 2.24) is 4.90 Å². The van der Waals surface area contributed by atoms with E-state index in [9.17, 15) is 24.5 Å². The molecule has 9 nitrogen and oxygen atoms in total. The molecular weight excluding hydrogens is 760 g/mol. The maximum absolute atomic E-state index is 15.0. The summed E-state index contributed by atoms with van der Waals surface area (Å²) in [7, 11) is 0. The highest BCUT2D eigenvalue weighted by molar-refractivity contribution is 6.03. The summed E-state index contributed by atoms with van der Waals surface area (Å²) >= 11 is 0. The number of benzene rings is 2. The molecule has 0 bridgehead atoms. The minimum absolute atomic E-state index is 0.0359. The van der Waals surface area contributed by atoms with Crippen molar-refractivity contribution in [2.45, 2.75) is 167 Å². The van der Waals surface area contributed by atoms with Crippen LogP contribution in [0.4, 0.5) is 4.39 Å². The fourth-order valence-electron chi connectivity index (χ4n) is 9.74. The summed E-state index contributed by atoms with van der Waals surface area (Å²) in [4.78, 5) is 23.1. The van der Waals surface area contributed by atoms with Gasteiger partial charge in [0.15, 0.2) is 0 Å². The first-order valence-corrected chi connectivity index (χ1v) is 23.0. The van der Waals surface area contributed by atoms with Crippen LogP contribution < -0.4 is 4.74 Å². The first-order valence-electron chi connectivity index (χ1n) is 23.0. The molecule has 0 radical (unpaired) electrons. The van der Waals surface area contributed by atoms with Gasteiger partial charge in [-0.25, -0.2) is 4.39 Å². The van der Waals surface area contributed by atoms with Gasteiger partial charge in [0.1, 0.15) is 29.0 Å². The second-order valence-electron chi connectivity index (χ2n) is 18.2. The molecule has 2 aromatic rings. The van der Waals surface area contributed by atoms with Gasteiger partial charge in [0, 0.05) is 44.1 Å². The molecule has 3 aliphatic rings. The molecule has 332 valence electrons. The highest BCUT2D eigenvalue weighted by Crippen LogP contribution is 2.62. The predicted molar refractivity (Wildman–Crippen MR) is 236 cm³/mol. The zero-order chi connectivity index (χ0) is 43.1. The lowest BCUT2D eigenvalue weighted by molar-refractivity contribution is -0.258. The second kappa shape index (κ2) is 22.9. The lowest BCUT2D eigenvalue weighted by Gasteiger charge is -2.60.